The molecule has 1 aromatic carbocycles. The number of ether oxygens (including phenoxy) is 1. The van der Waals surface area contributed by atoms with E-state index in [1.807, 2.05) is 0 Å². The molecule has 3 amide bonds. The number of nitrogens with one attached hydrogen (secondary N) is 1. The summed E-state index contributed by atoms with van der Waals surface area (Å²) in [6.45, 7) is 3.15. The first kappa shape index (κ1) is 15.0. The van der Waals surface area contributed by atoms with Gasteiger partial charge in [0.2, 0.25) is 17.7 Å². The van der Waals surface area contributed by atoms with Gasteiger partial charge in [0.15, 0.2) is 0 Å². The molecule has 112 valence electrons. The number of benzene rings is 1. The molecule has 2 atom stereocenters. The molecule has 0 radical (unpaired) electrons. The number of carbonyl (C=O) groups excluding carboxylic acids is 3. The fourth-order valence-corrected chi connectivity index (χ4v) is 2.20. The van der Waals surface area contributed by atoms with Crippen molar-refractivity contribution in [1.82, 2.24) is 4.90 Å². The van der Waals surface area contributed by atoms with E-state index >= 15 is 0 Å². The molecule has 0 aliphatic carbocycles. The lowest BCUT2D eigenvalue weighted by Gasteiger charge is -2.14. The minimum absolute atomic E-state index is 0.252. The van der Waals surface area contributed by atoms with Gasteiger partial charge in [-0.05, 0) is 24.3 Å². The van der Waals surface area contributed by atoms with Gasteiger partial charge < -0.3 is 10.1 Å². The van der Waals surface area contributed by atoms with Crippen molar-refractivity contribution in [1.29, 1.82) is 0 Å². The summed E-state index contributed by atoms with van der Waals surface area (Å²) in [6.07, 6.45) is 0. The van der Waals surface area contributed by atoms with Gasteiger partial charge in [0.1, 0.15) is 12.3 Å². The summed E-state index contributed by atoms with van der Waals surface area (Å²) >= 11 is 0. The van der Waals surface area contributed by atoms with Crippen LogP contribution in [0.4, 0.5) is 5.69 Å². The van der Waals surface area contributed by atoms with Crippen molar-refractivity contribution in [3.05, 3.63) is 24.3 Å². The third kappa shape index (κ3) is 3.04. The summed E-state index contributed by atoms with van der Waals surface area (Å²) in [4.78, 5) is 36.8. The Balaban J connectivity index is 1.98. The predicted octanol–water partition coefficient (Wildman–Crippen LogP) is 1.27. The van der Waals surface area contributed by atoms with Gasteiger partial charge in [-0.2, -0.15) is 0 Å². The fourth-order valence-electron chi connectivity index (χ4n) is 2.20. The molecule has 0 bridgehead atoms. The number of amides is 3. The number of nitrogens with zero attached hydrogens (tertiary/aromatic N) is 1. The van der Waals surface area contributed by atoms with Crippen molar-refractivity contribution >= 4 is 23.4 Å². The van der Waals surface area contributed by atoms with E-state index in [-0.39, 0.29) is 30.2 Å². The highest BCUT2D eigenvalue weighted by Gasteiger charge is 2.42. The Morgan fingerprint density at radius 2 is 1.67 bits per heavy atom. The van der Waals surface area contributed by atoms with E-state index in [9.17, 15) is 14.4 Å². The van der Waals surface area contributed by atoms with Crippen molar-refractivity contribution in [3.63, 3.8) is 0 Å². The van der Waals surface area contributed by atoms with Crippen LogP contribution >= 0.6 is 0 Å². The summed E-state index contributed by atoms with van der Waals surface area (Å²) in [5, 5.41) is 2.65. The highest BCUT2D eigenvalue weighted by Crippen LogP contribution is 2.25. The smallest absolute Gasteiger partial charge is 0.244 e. The van der Waals surface area contributed by atoms with E-state index in [1.165, 1.54) is 0 Å². The van der Waals surface area contributed by atoms with Crippen LogP contribution in [0.5, 0.6) is 5.75 Å². The van der Waals surface area contributed by atoms with Gasteiger partial charge in [0.05, 0.1) is 7.11 Å². The van der Waals surface area contributed by atoms with Crippen LogP contribution in [-0.2, 0) is 14.4 Å². The Morgan fingerprint density at radius 1 is 1.14 bits per heavy atom. The lowest BCUT2D eigenvalue weighted by Crippen LogP contribution is -2.38. The average molecular weight is 290 g/mol. The lowest BCUT2D eigenvalue weighted by molar-refractivity contribution is -0.142. The molecular formula is C15H18N2O4. The van der Waals surface area contributed by atoms with Crippen LogP contribution in [0, 0.1) is 11.8 Å². The summed E-state index contributed by atoms with van der Waals surface area (Å²) in [6, 6.07) is 6.81. The van der Waals surface area contributed by atoms with Crippen LogP contribution in [0.2, 0.25) is 0 Å². The largest absolute Gasteiger partial charge is 0.497 e. The third-order valence-corrected chi connectivity index (χ3v) is 3.74. The van der Waals surface area contributed by atoms with Crippen LogP contribution < -0.4 is 10.1 Å². The molecule has 1 aromatic rings. The number of methoxy groups -OCH3 is 1. The number of carbonyl (C=O) groups is 3. The van der Waals surface area contributed by atoms with Gasteiger partial charge in [-0.1, -0.05) is 13.8 Å². The molecule has 21 heavy (non-hydrogen) atoms. The number of anilines is 1. The zero-order chi connectivity index (χ0) is 15.6. The van der Waals surface area contributed by atoms with E-state index in [0.717, 1.165) is 4.90 Å². The molecule has 2 rings (SSSR count). The van der Waals surface area contributed by atoms with E-state index in [0.29, 0.717) is 11.4 Å². The van der Waals surface area contributed by atoms with E-state index in [2.05, 4.69) is 5.32 Å². The SMILES string of the molecule is COc1ccc(NC(=O)CN2C(=O)C(C)C(C)C2=O)cc1. The summed E-state index contributed by atoms with van der Waals surface area (Å²) in [5.41, 5.74) is 0.584. The number of imide groups is 1. The number of hydrogen-bond donors (Lipinski definition) is 1. The number of rotatable bonds is 4. The van der Waals surface area contributed by atoms with Crippen LogP contribution in [0.3, 0.4) is 0 Å². The Bertz CT molecular complexity index is 548. The van der Waals surface area contributed by atoms with E-state index < -0.39 is 5.91 Å². The second-order valence-corrected chi connectivity index (χ2v) is 5.12. The Hall–Kier alpha value is -2.37. The molecule has 0 saturated carbocycles. The Labute approximate surface area is 123 Å². The number of likely N-dealkylation sites (tertiary alicyclic amines) is 1. The highest BCUT2D eigenvalue weighted by molar-refractivity contribution is 6.08. The van der Waals surface area contributed by atoms with Gasteiger partial charge in [-0.3, -0.25) is 19.3 Å². The average Bonchev–Trinajstić information content (AvgIpc) is 2.66. The Morgan fingerprint density at radius 3 is 2.14 bits per heavy atom. The zero-order valence-electron chi connectivity index (χ0n) is 12.3. The lowest BCUT2D eigenvalue weighted by atomic mass is 10.00. The zero-order valence-corrected chi connectivity index (χ0v) is 12.3. The maximum atomic E-state index is 11.9. The molecule has 1 aliphatic rings. The topological polar surface area (TPSA) is 75.7 Å². The normalized spacial score (nSPS) is 21.6. The monoisotopic (exact) mass is 290 g/mol. The van der Waals surface area contributed by atoms with Gasteiger partial charge >= 0.3 is 0 Å². The highest BCUT2D eigenvalue weighted by atomic mass is 16.5. The first-order valence-electron chi connectivity index (χ1n) is 6.73. The second kappa shape index (κ2) is 5.95. The molecule has 6 nitrogen and oxygen atoms in total. The maximum absolute atomic E-state index is 11.9. The van der Waals surface area contributed by atoms with Crippen LogP contribution in [0.1, 0.15) is 13.8 Å². The van der Waals surface area contributed by atoms with Crippen LogP contribution in [-0.4, -0.2) is 36.3 Å². The molecule has 1 heterocycles. The van der Waals surface area contributed by atoms with Crippen molar-refractivity contribution in [2.45, 2.75) is 13.8 Å². The number of hydrogen-bond acceptors (Lipinski definition) is 4. The quantitative estimate of drug-likeness (QED) is 0.847. The Kier molecular flexibility index (Phi) is 4.26. The van der Waals surface area contributed by atoms with Crippen molar-refractivity contribution in [2.75, 3.05) is 19.0 Å². The molecule has 1 aliphatic heterocycles. The minimum atomic E-state index is -0.400. The van der Waals surface area contributed by atoms with Gasteiger partial charge in [0.25, 0.3) is 0 Å². The van der Waals surface area contributed by atoms with Gasteiger partial charge in [-0.15, -0.1) is 0 Å². The van der Waals surface area contributed by atoms with Gasteiger partial charge in [-0.25, -0.2) is 0 Å². The van der Waals surface area contributed by atoms with Gasteiger partial charge in [0, 0.05) is 17.5 Å². The molecule has 1 saturated heterocycles. The summed E-state index contributed by atoms with van der Waals surface area (Å²) < 4.78 is 5.02. The molecule has 2 unspecified atom stereocenters. The van der Waals surface area contributed by atoms with Crippen molar-refractivity contribution < 1.29 is 19.1 Å². The molecule has 1 N–H and O–H groups in total. The molecule has 6 heteroatoms. The predicted molar refractivity (Wildman–Crippen MR) is 76.7 cm³/mol. The maximum Gasteiger partial charge on any atom is 0.244 e. The fraction of sp³-hybridized carbons (Fsp3) is 0.400. The standard InChI is InChI=1S/C15H18N2O4/c1-9-10(2)15(20)17(14(9)19)8-13(18)16-11-4-6-12(21-3)7-5-11/h4-7,9-10H,8H2,1-3H3,(H,16,18). The molecular weight excluding hydrogens is 272 g/mol. The summed E-state index contributed by atoms with van der Waals surface area (Å²) in [7, 11) is 1.56. The van der Waals surface area contributed by atoms with Crippen LogP contribution in [0.25, 0.3) is 0 Å². The molecule has 0 aromatic heterocycles. The first-order valence-corrected chi connectivity index (χ1v) is 6.73. The van der Waals surface area contributed by atoms with Crippen molar-refractivity contribution in [2.24, 2.45) is 11.8 Å². The van der Waals surface area contributed by atoms with Crippen molar-refractivity contribution in [3.8, 4) is 5.75 Å². The second-order valence-electron chi connectivity index (χ2n) is 5.12. The van der Waals surface area contributed by atoms with E-state index in [4.69, 9.17) is 4.74 Å². The summed E-state index contributed by atoms with van der Waals surface area (Å²) in [5.74, 6) is -1.05. The minimum Gasteiger partial charge on any atom is -0.497 e. The molecule has 1 fully saturated rings. The first-order chi connectivity index (χ1) is 9.93. The van der Waals surface area contributed by atoms with E-state index in [1.54, 1.807) is 45.2 Å². The van der Waals surface area contributed by atoms with Crippen LogP contribution in [0.15, 0.2) is 24.3 Å². The third-order valence-electron chi connectivity index (χ3n) is 3.74. The molecule has 0 spiro atoms.